The van der Waals surface area contributed by atoms with Gasteiger partial charge in [0.25, 0.3) is 0 Å². The maximum atomic E-state index is 3.57. The molecule has 0 saturated heterocycles. The van der Waals surface area contributed by atoms with Gasteiger partial charge in [-0.25, -0.2) is 0 Å². The van der Waals surface area contributed by atoms with E-state index >= 15 is 0 Å². The Morgan fingerprint density at radius 3 is 2.95 bits per heavy atom. The molecule has 1 saturated carbocycles. The van der Waals surface area contributed by atoms with E-state index in [0.717, 1.165) is 19.0 Å². The molecular formula is C18H25N. The van der Waals surface area contributed by atoms with E-state index in [9.17, 15) is 0 Å². The van der Waals surface area contributed by atoms with Crippen molar-refractivity contribution in [1.29, 1.82) is 0 Å². The van der Waals surface area contributed by atoms with Gasteiger partial charge in [-0.1, -0.05) is 29.8 Å². The summed E-state index contributed by atoms with van der Waals surface area (Å²) in [4.78, 5) is 0. The molecule has 0 spiro atoms. The smallest absolute Gasteiger partial charge is 0.00683 e. The third kappa shape index (κ3) is 3.70. The number of nitrogens with one attached hydrogen (secondary N) is 1. The SMILES string of the molecule is CC(=CCCNC1CC1)Cc1ccc2c(c1)CCC2. The molecule has 3 rings (SSSR count). The molecule has 0 aliphatic heterocycles. The zero-order chi connectivity index (χ0) is 13.1. The van der Waals surface area contributed by atoms with Crippen LogP contribution >= 0.6 is 0 Å². The Kier molecular flexibility index (Phi) is 4.03. The fourth-order valence-corrected chi connectivity index (χ4v) is 3.02. The standard InChI is InChI=1S/C18H25N/c1-14(4-3-11-19-18-9-10-18)12-15-7-8-16-5-2-6-17(16)13-15/h4,7-8,13,18-19H,2-3,5-6,9-12H2,1H3. The van der Waals surface area contributed by atoms with Gasteiger partial charge in [0.1, 0.15) is 0 Å². The van der Waals surface area contributed by atoms with E-state index in [1.807, 2.05) is 0 Å². The molecule has 0 heterocycles. The van der Waals surface area contributed by atoms with Crippen LogP contribution in [0.3, 0.4) is 0 Å². The second kappa shape index (κ2) is 5.92. The highest BCUT2D eigenvalue weighted by atomic mass is 14.9. The molecule has 0 atom stereocenters. The lowest BCUT2D eigenvalue weighted by Gasteiger charge is -2.06. The lowest BCUT2D eigenvalue weighted by Crippen LogP contribution is -2.16. The quantitative estimate of drug-likeness (QED) is 0.602. The van der Waals surface area contributed by atoms with Gasteiger partial charge in [-0.3, -0.25) is 0 Å². The van der Waals surface area contributed by atoms with Crippen LogP contribution in [-0.2, 0) is 19.3 Å². The zero-order valence-electron chi connectivity index (χ0n) is 12.0. The van der Waals surface area contributed by atoms with E-state index in [2.05, 4.69) is 36.5 Å². The lowest BCUT2D eigenvalue weighted by molar-refractivity contribution is 0.688. The summed E-state index contributed by atoms with van der Waals surface area (Å²) in [6.45, 7) is 3.41. The molecule has 2 aliphatic rings. The summed E-state index contributed by atoms with van der Waals surface area (Å²) in [6, 6.07) is 7.94. The maximum Gasteiger partial charge on any atom is 0.00683 e. The van der Waals surface area contributed by atoms with Crippen molar-refractivity contribution in [2.75, 3.05) is 6.54 Å². The van der Waals surface area contributed by atoms with Gasteiger partial charge in [0.05, 0.1) is 0 Å². The third-order valence-electron chi connectivity index (χ3n) is 4.29. The van der Waals surface area contributed by atoms with Crippen molar-refractivity contribution < 1.29 is 0 Å². The third-order valence-corrected chi connectivity index (χ3v) is 4.29. The first-order valence-electron chi connectivity index (χ1n) is 7.81. The van der Waals surface area contributed by atoms with Crippen molar-refractivity contribution in [3.05, 3.63) is 46.5 Å². The molecule has 0 unspecified atom stereocenters. The highest BCUT2D eigenvalue weighted by Gasteiger charge is 2.19. The van der Waals surface area contributed by atoms with Crippen LogP contribution in [0.1, 0.15) is 49.3 Å². The number of allylic oxidation sites excluding steroid dienone is 1. The van der Waals surface area contributed by atoms with E-state index in [-0.39, 0.29) is 0 Å². The monoisotopic (exact) mass is 255 g/mol. The average Bonchev–Trinajstić information content (AvgIpc) is 3.11. The van der Waals surface area contributed by atoms with Gasteiger partial charge in [0.2, 0.25) is 0 Å². The molecule has 0 aromatic heterocycles. The highest BCUT2D eigenvalue weighted by Crippen LogP contribution is 2.24. The molecule has 1 N–H and O–H groups in total. The molecule has 1 heteroatoms. The van der Waals surface area contributed by atoms with Gasteiger partial charge in [0, 0.05) is 6.04 Å². The fourth-order valence-electron chi connectivity index (χ4n) is 3.02. The van der Waals surface area contributed by atoms with Crippen molar-refractivity contribution in [2.45, 2.75) is 57.9 Å². The Balaban J connectivity index is 1.50. The van der Waals surface area contributed by atoms with E-state index in [1.54, 1.807) is 11.1 Å². The molecule has 2 aliphatic carbocycles. The largest absolute Gasteiger partial charge is 0.314 e. The predicted octanol–water partition coefficient (Wildman–Crippen LogP) is 3.81. The van der Waals surface area contributed by atoms with Crippen molar-refractivity contribution in [2.24, 2.45) is 0 Å². The number of aryl methyl sites for hydroxylation is 2. The molecule has 1 aromatic carbocycles. The maximum absolute atomic E-state index is 3.57. The second-order valence-electron chi connectivity index (χ2n) is 6.20. The Labute approximate surface area is 117 Å². The number of fused-ring (bicyclic) bond motifs is 1. The van der Waals surface area contributed by atoms with Gasteiger partial charge in [-0.05, 0) is 75.1 Å². The predicted molar refractivity (Wildman–Crippen MR) is 81.6 cm³/mol. The summed E-state index contributed by atoms with van der Waals surface area (Å²) in [6.07, 6.45) is 11.4. The molecular weight excluding hydrogens is 230 g/mol. The lowest BCUT2D eigenvalue weighted by atomic mass is 10.0. The molecule has 1 fully saturated rings. The second-order valence-corrected chi connectivity index (χ2v) is 6.20. The van der Waals surface area contributed by atoms with Crippen LogP contribution in [0.5, 0.6) is 0 Å². The normalized spacial score (nSPS) is 18.7. The molecule has 19 heavy (non-hydrogen) atoms. The van der Waals surface area contributed by atoms with Gasteiger partial charge in [-0.2, -0.15) is 0 Å². The van der Waals surface area contributed by atoms with Crippen LogP contribution < -0.4 is 5.32 Å². The first-order chi connectivity index (χ1) is 9.31. The Hall–Kier alpha value is -1.08. The minimum atomic E-state index is 0.838. The Morgan fingerprint density at radius 1 is 1.26 bits per heavy atom. The molecule has 102 valence electrons. The average molecular weight is 255 g/mol. The number of rotatable bonds is 6. The first kappa shape index (κ1) is 12.9. The number of benzene rings is 1. The van der Waals surface area contributed by atoms with E-state index in [4.69, 9.17) is 0 Å². The summed E-state index contributed by atoms with van der Waals surface area (Å²) in [7, 11) is 0. The summed E-state index contributed by atoms with van der Waals surface area (Å²) < 4.78 is 0. The fraction of sp³-hybridized carbons (Fsp3) is 0.556. The molecule has 0 radical (unpaired) electrons. The zero-order valence-corrected chi connectivity index (χ0v) is 12.0. The van der Waals surface area contributed by atoms with Crippen LogP contribution in [0.25, 0.3) is 0 Å². The summed E-state index contributed by atoms with van der Waals surface area (Å²) in [5.41, 5.74) is 6.18. The van der Waals surface area contributed by atoms with Crippen molar-refractivity contribution >= 4 is 0 Å². The van der Waals surface area contributed by atoms with Crippen molar-refractivity contribution in [3.8, 4) is 0 Å². The topological polar surface area (TPSA) is 12.0 Å². The first-order valence-corrected chi connectivity index (χ1v) is 7.81. The summed E-state index contributed by atoms with van der Waals surface area (Å²) >= 11 is 0. The molecule has 0 amide bonds. The highest BCUT2D eigenvalue weighted by molar-refractivity contribution is 5.36. The van der Waals surface area contributed by atoms with Gasteiger partial charge < -0.3 is 5.32 Å². The van der Waals surface area contributed by atoms with E-state index < -0.39 is 0 Å². The van der Waals surface area contributed by atoms with Crippen molar-refractivity contribution in [3.63, 3.8) is 0 Å². The summed E-state index contributed by atoms with van der Waals surface area (Å²) in [5, 5.41) is 3.57. The van der Waals surface area contributed by atoms with Crippen LogP contribution in [0.4, 0.5) is 0 Å². The summed E-state index contributed by atoms with van der Waals surface area (Å²) in [5.74, 6) is 0. The van der Waals surface area contributed by atoms with Crippen LogP contribution in [-0.4, -0.2) is 12.6 Å². The van der Waals surface area contributed by atoms with E-state index in [0.29, 0.717) is 0 Å². The van der Waals surface area contributed by atoms with Crippen molar-refractivity contribution in [1.82, 2.24) is 5.32 Å². The van der Waals surface area contributed by atoms with Gasteiger partial charge in [0.15, 0.2) is 0 Å². The minimum Gasteiger partial charge on any atom is -0.314 e. The minimum absolute atomic E-state index is 0.838. The number of hydrogen-bond donors (Lipinski definition) is 1. The van der Waals surface area contributed by atoms with Gasteiger partial charge >= 0.3 is 0 Å². The van der Waals surface area contributed by atoms with E-state index in [1.165, 1.54) is 49.7 Å². The number of hydrogen-bond acceptors (Lipinski definition) is 1. The van der Waals surface area contributed by atoms with Crippen LogP contribution in [0.15, 0.2) is 29.8 Å². The molecule has 1 aromatic rings. The van der Waals surface area contributed by atoms with Gasteiger partial charge in [-0.15, -0.1) is 0 Å². The van der Waals surface area contributed by atoms with Crippen LogP contribution in [0, 0.1) is 0 Å². The Morgan fingerprint density at radius 2 is 2.11 bits per heavy atom. The Bertz CT molecular complexity index is 469. The van der Waals surface area contributed by atoms with Crippen LogP contribution in [0.2, 0.25) is 0 Å². The molecule has 0 bridgehead atoms. The molecule has 1 nitrogen and oxygen atoms in total.